The van der Waals surface area contributed by atoms with Crippen molar-refractivity contribution in [2.24, 2.45) is 0 Å². The van der Waals surface area contributed by atoms with Crippen molar-refractivity contribution >= 4 is 34.3 Å². The minimum Gasteiger partial charge on any atom is -0.383 e. The maximum atomic E-state index is 12.4. The summed E-state index contributed by atoms with van der Waals surface area (Å²) in [7, 11) is 1.66. The molecule has 0 spiro atoms. The first kappa shape index (κ1) is 20.2. The molecule has 1 amide bonds. The molecule has 4 aromatic rings. The summed E-state index contributed by atoms with van der Waals surface area (Å²) >= 11 is 1.36. The highest BCUT2D eigenvalue weighted by atomic mass is 32.2. The highest BCUT2D eigenvalue weighted by Crippen LogP contribution is 2.30. The molecule has 0 saturated carbocycles. The van der Waals surface area contributed by atoms with E-state index in [1.54, 1.807) is 7.11 Å². The number of para-hydroxylation sites is 1. The van der Waals surface area contributed by atoms with E-state index in [1.165, 1.54) is 11.8 Å². The first-order chi connectivity index (χ1) is 14.7. The number of methoxy groups -OCH3 is 1. The second-order valence-electron chi connectivity index (χ2n) is 6.90. The van der Waals surface area contributed by atoms with E-state index >= 15 is 0 Å². The monoisotopic (exact) mass is 421 g/mol. The van der Waals surface area contributed by atoms with E-state index in [1.807, 2.05) is 60.2 Å². The van der Waals surface area contributed by atoms with Crippen LogP contribution in [0.25, 0.3) is 22.3 Å². The fraction of sp³-hybridized carbons (Fsp3) is 0.227. The molecule has 2 N–H and O–H groups in total. The number of nitrogens with one attached hydrogen (secondary N) is 2. The predicted molar refractivity (Wildman–Crippen MR) is 120 cm³/mol. The van der Waals surface area contributed by atoms with Crippen molar-refractivity contribution in [1.82, 2.24) is 19.7 Å². The Morgan fingerprint density at radius 2 is 1.97 bits per heavy atom. The van der Waals surface area contributed by atoms with Crippen LogP contribution in [0.1, 0.15) is 5.56 Å². The summed E-state index contributed by atoms with van der Waals surface area (Å²) < 4.78 is 7.27. The number of hydrogen-bond donors (Lipinski definition) is 2. The molecule has 0 aliphatic rings. The molecule has 0 radical (unpaired) electrons. The number of ether oxygens (including phenoxy) is 1. The second-order valence-corrected chi connectivity index (χ2v) is 7.84. The normalized spacial score (nSPS) is 11.1. The molecule has 2 aromatic heterocycles. The zero-order chi connectivity index (χ0) is 20.9. The van der Waals surface area contributed by atoms with Crippen molar-refractivity contribution in [3.63, 3.8) is 0 Å². The van der Waals surface area contributed by atoms with Gasteiger partial charge in [0.25, 0.3) is 0 Å². The Balaban J connectivity index is 1.53. The third-order valence-corrected chi connectivity index (χ3v) is 5.70. The largest absolute Gasteiger partial charge is 0.383 e. The molecule has 4 rings (SSSR count). The molecule has 0 fully saturated rings. The molecule has 7 nitrogen and oxygen atoms in total. The van der Waals surface area contributed by atoms with Gasteiger partial charge >= 0.3 is 0 Å². The van der Waals surface area contributed by atoms with E-state index in [-0.39, 0.29) is 11.7 Å². The number of carbonyl (C=O) groups is 1. The van der Waals surface area contributed by atoms with Crippen molar-refractivity contribution in [3.05, 3.63) is 60.3 Å². The number of nitrogens with zero attached hydrogens (tertiary/aromatic N) is 3. The van der Waals surface area contributed by atoms with Crippen LogP contribution < -0.4 is 5.32 Å². The summed E-state index contributed by atoms with van der Waals surface area (Å²) in [6.07, 6.45) is 1.94. The number of anilines is 1. The first-order valence-electron chi connectivity index (χ1n) is 9.63. The van der Waals surface area contributed by atoms with Gasteiger partial charge in [0.1, 0.15) is 0 Å². The molecule has 0 aliphatic heterocycles. The molecular formula is C22H23N5O2S. The summed E-state index contributed by atoms with van der Waals surface area (Å²) in [4.78, 5) is 15.7. The third-order valence-electron chi connectivity index (χ3n) is 4.73. The number of fused-ring (bicyclic) bond motifs is 1. The van der Waals surface area contributed by atoms with Crippen LogP contribution in [0.3, 0.4) is 0 Å². The van der Waals surface area contributed by atoms with Gasteiger partial charge in [-0.15, -0.1) is 10.2 Å². The molecule has 30 heavy (non-hydrogen) atoms. The number of aromatic amines is 1. The Labute approximate surface area is 178 Å². The Morgan fingerprint density at radius 3 is 2.77 bits per heavy atom. The Morgan fingerprint density at radius 1 is 1.17 bits per heavy atom. The summed E-state index contributed by atoms with van der Waals surface area (Å²) in [5, 5.41) is 13.4. The van der Waals surface area contributed by atoms with Gasteiger partial charge in [0.05, 0.1) is 18.9 Å². The van der Waals surface area contributed by atoms with Crippen molar-refractivity contribution < 1.29 is 9.53 Å². The average molecular weight is 422 g/mol. The van der Waals surface area contributed by atoms with Crippen LogP contribution in [0.5, 0.6) is 0 Å². The van der Waals surface area contributed by atoms with E-state index in [4.69, 9.17) is 4.74 Å². The zero-order valence-corrected chi connectivity index (χ0v) is 17.7. The highest BCUT2D eigenvalue weighted by molar-refractivity contribution is 7.99. The Bertz CT molecular complexity index is 1150. The van der Waals surface area contributed by atoms with Crippen molar-refractivity contribution in [1.29, 1.82) is 0 Å². The van der Waals surface area contributed by atoms with Gasteiger partial charge in [-0.2, -0.15) is 0 Å². The second kappa shape index (κ2) is 9.15. The van der Waals surface area contributed by atoms with Crippen molar-refractivity contribution in [2.75, 3.05) is 24.8 Å². The molecule has 2 aromatic carbocycles. The van der Waals surface area contributed by atoms with Crippen molar-refractivity contribution in [3.8, 4) is 11.4 Å². The first-order valence-corrected chi connectivity index (χ1v) is 10.6. The van der Waals surface area contributed by atoms with Crippen LogP contribution in [0.2, 0.25) is 0 Å². The summed E-state index contributed by atoms with van der Waals surface area (Å²) in [5.74, 6) is 0.914. The van der Waals surface area contributed by atoms with E-state index < -0.39 is 0 Å². The van der Waals surface area contributed by atoms with Crippen LogP contribution in [0, 0.1) is 6.92 Å². The van der Waals surface area contributed by atoms with Crippen LogP contribution in [-0.2, 0) is 16.1 Å². The lowest BCUT2D eigenvalue weighted by molar-refractivity contribution is -0.113. The molecule has 0 aliphatic carbocycles. The van der Waals surface area contributed by atoms with Gasteiger partial charge < -0.3 is 15.0 Å². The number of amides is 1. The van der Waals surface area contributed by atoms with Crippen LogP contribution in [0.4, 0.5) is 5.69 Å². The number of rotatable bonds is 8. The van der Waals surface area contributed by atoms with Gasteiger partial charge in [-0.1, -0.05) is 47.7 Å². The number of carbonyl (C=O) groups excluding carboxylic acids is 1. The SMILES string of the molecule is COCCn1c(SCC(=O)Nc2ccc(C)cc2)nnc1-c1c[nH]c2ccccc12. The fourth-order valence-corrected chi connectivity index (χ4v) is 3.96. The van der Waals surface area contributed by atoms with E-state index in [9.17, 15) is 4.79 Å². The molecule has 0 unspecified atom stereocenters. The number of thioether (sulfide) groups is 1. The molecule has 0 saturated heterocycles. The lowest BCUT2D eigenvalue weighted by Crippen LogP contribution is -2.15. The fourth-order valence-electron chi connectivity index (χ4n) is 3.20. The standard InChI is InChI=1S/C22H23N5O2S/c1-15-7-9-16(10-8-15)24-20(28)14-30-22-26-25-21(27(22)11-12-29-2)18-13-23-19-6-4-3-5-17(18)19/h3-10,13,23H,11-12,14H2,1-2H3,(H,24,28). The van der Waals surface area contributed by atoms with Crippen LogP contribution in [-0.4, -0.2) is 45.1 Å². The molecule has 154 valence electrons. The third kappa shape index (κ3) is 4.39. The Kier molecular flexibility index (Phi) is 6.15. The van der Waals surface area contributed by atoms with Crippen LogP contribution >= 0.6 is 11.8 Å². The number of aromatic nitrogens is 4. The van der Waals surface area contributed by atoms with Gasteiger partial charge in [-0.3, -0.25) is 9.36 Å². The summed E-state index contributed by atoms with van der Waals surface area (Å²) in [6.45, 7) is 3.14. The quantitative estimate of drug-likeness (QED) is 0.418. The number of aryl methyl sites for hydroxylation is 1. The molecule has 2 heterocycles. The Hall–Kier alpha value is -3.10. The maximum Gasteiger partial charge on any atom is 0.234 e. The van der Waals surface area contributed by atoms with Gasteiger partial charge in [0, 0.05) is 35.5 Å². The molecule has 0 bridgehead atoms. The molecular weight excluding hydrogens is 398 g/mol. The molecule has 8 heteroatoms. The number of hydrogen-bond acceptors (Lipinski definition) is 5. The minimum atomic E-state index is -0.0845. The topological polar surface area (TPSA) is 84.8 Å². The van der Waals surface area contributed by atoms with Gasteiger partial charge in [0.15, 0.2) is 11.0 Å². The minimum absolute atomic E-state index is 0.0845. The van der Waals surface area contributed by atoms with Gasteiger partial charge in [-0.25, -0.2) is 0 Å². The number of H-pyrrole nitrogens is 1. The van der Waals surface area contributed by atoms with E-state index in [0.29, 0.717) is 18.3 Å². The van der Waals surface area contributed by atoms with Crippen molar-refractivity contribution in [2.45, 2.75) is 18.6 Å². The van der Waals surface area contributed by atoms with Crippen LogP contribution in [0.15, 0.2) is 59.9 Å². The van der Waals surface area contributed by atoms with Gasteiger partial charge in [0.2, 0.25) is 5.91 Å². The summed E-state index contributed by atoms with van der Waals surface area (Å²) in [5.41, 5.74) is 3.95. The predicted octanol–water partition coefficient (Wildman–Crippen LogP) is 4.11. The lowest BCUT2D eigenvalue weighted by Gasteiger charge is -2.09. The summed E-state index contributed by atoms with van der Waals surface area (Å²) in [6, 6.07) is 15.8. The van der Waals surface area contributed by atoms with Gasteiger partial charge in [-0.05, 0) is 25.1 Å². The van der Waals surface area contributed by atoms with E-state index in [0.717, 1.165) is 33.5 Å². The van der Waals surface area contributed by atoms with E-state index in [2.05, 4.69) is 26.6 Å². The zero-order valence-electron chi connectivity index (χ0n) is 16.9. The maximum absolute atomic E-state index is 12.4. The lowest BCUT2D eigenvalue weighted by atomic mass is 10.1. The highest BCUT2D eigenvalue weighted by Gasteiger charge is 2.18. The molecule has 0 atom stereocenters. The smallest absolute Gasteiger partial charge is 0.234 e. The number of benzene rings is 2. The average Bonchev–Trinajstić information content (AvgIpc) is 3.36.